The van der Waals surface area contributed by atoms with E-state index in [1.807, 2.05) is 13.0 Å². The van der Waals surface area contributed by atoms with E-state index in [4.69, 9.17) is 21.1 Å². The minimum absolute atomic E-state index is 0.0657. The minimum atomic E-state index is -3.34. The molecule has 1 aliphatic heterocycles. The maximum Gasteiger partial charge on any atom is 0.231 e. The smallest absolute Gasteiger partial charge is 0.231 e. The highest BCUT2D eigenvalue weighted by Gasteiger charge is 2.31. The first-order valence-corrected chi connectivity index (χ1v) is 11.0. The first kappa shape index (κ1) is 21.2. The van der Waals surface area contributed by atoms with Gasteiger partial charge in [0.05, 0.1) is 32.4 Å². The maximum atomic E-state index is 13.2. The molecule has 1 unspecified atom stereocenters. The van der Waals surface area contributed by atoms with Crippen LogP contribution < -0.4 is 14.4 Å². The van der Waals surface area contributed by atoms with Crippen LogP contribution in [0.4, 0.5) is 5.69 Å². The number of anilines is 1. The fraction of sp³-hybridized carbons (Fsp3) is 0.286. The van der Waals surface area contributed by atoms with E-state index in [1.54, 1.807) is 37.4 Å². The lowest BCUT2D eigenvalue weighted by molar-refractivity contribution is -0.118. The van der Waals surface area contributed by atoms with Crippen LogP contribution in [-0.4, -0.2) is 40.3 Å². The van der Waals surface area contributed by atoms with Crippen LogP contribution in [0.1, 0.15) is 11.1 Å². The Morgan fingerprint density at radius 1 is 1.14 bits per heavy atom. The number of ether oxygens (including phenoxy) is 2. The molecule has 0 aromatic heterocycles. The van der Waals surface area contributed by atoms with Crippen LogP contribution in [-0.2, 0) is 21.1 Å². The van der Waals surface area contributed by atoms with E-state index >= 15 is 0 Å². The van der Waals surface area contributed by atoms with Gasteiger partial charge in [-0.1, -0.05) is 23.7 Å². The van der Waals surface area contributed by atoms with Crippen molar-refractivity contribution in [2.45, 2.75) is 19.4 Å². The van der Waals surface area contributed by atoms with Gasteiger partial charge >= 0.3 is 0 Å². The Bertz CT molecular complexity index is 1060. The molecular weight excluding hydrogens is 414 g/mol. The molecular formula is C21H22ClNO5S. The predicted molar refractivity (Wildman–Crippen MR) is 114 cm³/mol. The molecule has 1 atom stereocenters. The Labute approximate surface area is 175 Å². The van der Waals surface area contributed by atoms with Crippen molar-refractivity contribution in [3.05, 3.63) is 64.0 Å². The summed E-state index contributed by atoms with van der Waals surface area (Å²) in [6.07, 6.45) is 1.60. The Morgan fingerprint density at radius 2 is 1.86 bits per heavy atom. The van der Waals surface area contributed by atoms with Crippen molar-refractivity contribution < 1.29 is 22.7 Å². The average molecular weight is 436 g/mol. The number of aryl methyl sites for hydroxylation is 1. The summed E-state index contributed by atoms with van der Waals surface area (Å²) < 4.78 is 34.4. The Morgan fingerprint density at radius 3 is 2.45 bits per heavy atom. The van der Waals surface area contributed by atoms with Gasteiger partial charge in [0.25, 0.3) is 0 Å². The van der Waals surface area contributed by atoms with Crippen LogP contribution in [0, 0.1) is 6.92 Å². The molecule has 0 radical (unpaired) electrons. The Hall–Kier alpha value is -2.51. The zero-order valence-electron chi connectivity index (χ0n) is 16.4. The van der Waals surface area contributed by atoms with E-state index in [2.05, 4.69) is 0 Å². The zero-order chi connectivity index (χ0) is 21.2. The third kappa shape index (κ3) is 4.74. The Balaban J connectivity index is 1.94. The van der Waals surface area contributed by atoms with E-state index in [9.17, 15) is 13.2 Å². The van der Waals surface area contributed by atoms with Crippen molar-refractivity contribution in [3.63, 3.8) is 0 Å². The summed E-state index contributed by atoms with van der Waals surface area (Å²) in [4.78, 5) is 14.7. The van der Waals surface area contributed by atoms with Crippen LogP contribution in [0.3, 0.4) is 0 Å². The van der Waals surface area contributed by atoms with Crippen molar-refractivity contribution >= 4 is 33.0 Å². The van der Waals surface area contributed by atoms with Crippen LogP contribution in [0.25, 0.3) is 0 Å². The van der Waals surface area contributed by atoms with E-state index < -0.39 is 15.9 Å². The van der Waals surface area contributed by atoms with Gasteiger partial charge in [-0.15, -0.1) is 0 Å². The summed E-state index contributed by atoms with van der Waals surface area (Å²) in [6.45, 7) is 1.86. The summed E-state index contributed by atoms with van der Waals surface area (Å²) in [7, 11) is -0.271. The normalized spacial score (nSPS) is 17.2. The summed E-state index contributed by atoms with van der Waals surface area (Å²) in [5.41, 5.74) is 2.15. The molecule has 1 aliphatic rings. The molecule has 0 saturated heterocycles. The second kappa shape index (κ2) is 8.47. The summed E-state index contributed by atoms with van der Waals surface area (Å²) >= 11 is 6.25. The van der Waals surface area contributed by atoms with Crippen LogP contribution in [0.2, 0.25) is 5.02 Å². The standard InChI is InChI=1S/C21H22ClNO5S/c1-14-4-6-16(12-18(14)22)23(17-8-9-29(25,26)13-17)21(24)11-15-5-7-19(27-2)20(10-15)28-3/h4-10,12,17H,11,13H2,1-3H3. The number of benzene rings is 2. The minimum Gasteiger partial charge on any atom is -0.493 e. The quantitative estimate of drug-likeness (QED) is 0.693. The first-order chi connectivity index (χ1) is 13.7. The third-order valence-corrected chi connectivity index (χ3v) is 6.53. The number of methoxy groups -OCH3 is 2. The number of nitrogens with zero attached hydrogens (tertiary/aromatic N) is 1. The first-order valence-electron chi connectivity index (χ1n) is 8.94. The topological polar surface area (TPSA) is 72.9 Å². The molecule has 1 amide bonds. The molecule has 0 aliphatic carbocycles. The highest BCUT2D eigenvalue weighted by Crippen LogP contribution is 2.30. The molecule has 0 spiro atoms. The summed E-state index contributed by atoms with van der Waals surface area (Å²) in [6, 6.07) is 9.91. The van der Waals surface area contributed by atoms with Gasteiger partial charge in [0.1, 0.15) is 0 Å². The van der Waals surface area contributed by atoms with Crippen LogP contribution in [0.5, 0.6) is 11.5 Å². The van der Waals surface area contributed by atoms with Gasteiger partial charge in [0, 0.05) is 16.1 Å². The second-order valence-electron chi connectivity index (χ2n) is 6.79. The fourth-order valence-electron chi connectivity index (χ4n) is 3.22. The van der Waals surface area contributed by atoms with E-state index in [0.717, 1.165) is 16.5 Å². The van der Waals surface area contributed by atoms with Crippen molar-refractivity contribution in [2.24, 2.45) is 0 Å². The number of hydrogen-bond acceptors (Lipinski definition) is 5. The van der Waals surface area contributed by atoms with Crippen molar-refractivity contribution in [2.75, 3.05) is 24.9 Å². The Kier molecular flexibility index (Phi) is 6.19. The average Bonchev–Trinajstić information content (AvgIpc) is 3.03. The maximum absolute atomic E-state index is 13.2. The lowest BCUT2D eigenvalue weighted by Crippen LogP contribution is -2.42. The second-order valence-corrected chi connectivity index (χ2v) is 9.13. The molecule has 2 aromatic carbocycles. The number of hydrogen-bond donors (Lipinski definition) is 0. The van der Waals surface area contributed by atoms with Gasteiger partial charge in [-0.05, 0) is 48.4 Å². The van der Waals surface area contributed by atoms with Gasteiger partial charge in [-0.3, -0.25) is 4.79 Å². The van der Waals surface area contributed by atoms with E-state index in [-0.39, 0.29) is 18.1 Å². The molecule has 1 heterocycles. The molecule has 154 valence electrons. The van der Waals surface area contributed by atoms with Gasteiger partial charge in [0.15, 0.2) is 21.3 Å². The van der Waals surface area contributed by atoms with Gasteiger partial charge < -0.3 is 14.4 Å². The zero-order valence-corrected chi connectivity index (χ0v) is 18.0. The van der Waals surface area contributed by atoms with Gasteiger partial charge in [-0.2, -0.15) is 0 Å². The van der Waals surface area contributed by atoms with Crippen molar-refractivity contribution in [3.8, 4) is 11.5 Å². The SMILES string of the molecule is COc1ccc(CC(=O)N(c2ccc(C)c(Cl)c2)C2C=CS(=O)(=O)C2)cc1OC. The monoisotopic (exact) mass is 435 g/mol. The number of carbonyl (C=O) groups excluding carboxylic acids is 1. The van der Waals surface area contributed by atoms with Gasteiger partial charge in [-0.25, -0.2) is 8.42 Å². The lowest BCUT2D eigenvalue weighted by atomic mass is 10.1. The lowest BCUT2D eigenvalue weighted by Gasteiger charge is -2.28. The molecule has 0 bridgehead atoms. The van der Waals surface area contributed by atoms with Crippen LogP contribution >= 0.6 is 11.6 Å². The molecule has 8 heteroatoms. The van der Waals surface area contributed by atoms with Crippen LogP contribution in [0.15, 0.2) is 47.9 Å². The number of halogens is 1. The number of rotatable bonds is 6. The number of sulfone groups is 1. The highest BCUT2D eigenvalue weighted by atomic mass is 35.5. The number of amides is 1. The molecule has 29 heavy (non-hydrogen) atoms. The largest absolute Gasteiger partial charge is 0.493 e. The summed E-state index contributed by atoms with van der Waals surface area (Å²) in [5, 5.41) is 1.67. The van der Waals surface area contributed by atoms with E-state index in [0.29, 0.717) is 22.2 Å². The molecule has 3 rings (SSSR count). The summed E-state index contributed by atoms with van der Waals surface area (Å²) in [5.74, 6) is 0.682. The molecule has 0 fully saturated rings. The third-order valence-electron chi connectivity index (χ3n) is 4.75. The number of carbonyl (C=O) groups is 1. The highest BCUT2D eigenvalue weighted by molar-refractivity contribution is 7.94. The fourth-order valence-corrected chi connectivity index (χ4v) is 4.67. The molecule has 0 saturated carbocycles. The van der Waals surface area contributed by atoms with E-state index in [1.165, 1.54) is 18.1 Å². The molecule has 0 N–H and O–H groups in total. The van der Waals surface area contributed by atoms with Gasteiger partial charge in [0.2, 0.25) is 5.91 Å². The molecule has 2 aromatic rings. The predicted octanol–water partition coefficient (Wildman–Crippen LogP) is 3.55. The van der Waals surface area contributed by atoms with Crippen molar-refractivity contribution in [1.82, 2.24) is 0 Å². The van der Waals surface area contributed by atoms with Crippen molar-refractivity contribution in [1.29, 1.82) is 0 Å². The molecule has 6 nitrogen and oxygen atoms in total.